The van der Waals surface area contributed by atoms with Crippen LogP contribution >= 0.6 is 0 Å². The van der Waals surface area contributed by atoms with Crippen LogP contribution in [0.2, 0.25) is 0 Å². The lowest BCUT2D eigenvalue weighted by Crippen LogP contribution is -2.26. The molecule has 0 spiro atoms. The first-order chi connectivity index (χ1) is 6.29. The second-order valence-electron chi connectivity index (χ2n) is 3.99. The molecule has 0 aromatic carbocycles. The summed E-state index contributed by atoms with van der Waals surface area (Å²) in [7, 11) is 0. The van der Waals surface area contributed by atoms with Gasteiger partial charge in [-0.3, -0.25) is 0 Å². The predicted molar refractivity (Wildman–Crippen MR) is 55.6 cm³/mol. The molecule has 0 unspecified atom stereocenters. The maximum absolute atomic E-state index is 9.04. The van der Waals surface area contributed by atoms with E-state index in [4.69, 9.17) is 5.11 Å². The monoisotopic (exact) mass is 183 g/mol. The fourth-order valence-corrected chi connectivity index (χ4v) is 1.66. The second-order valence-corrected chi connectivity index (χ2v) is 3.99. The van der Waals surface area contributed by atoms with Crippen molar-refractivity contribution in [1.82, 2.24) is 5.32 Å². The lowest BCUT2D eigenvalue weighted by molar-refractivity contribution is 0.183. The topological polar surface area (TPSA) is 32.3 Å². The van der Waals surface area contributed by atoms with Gasteiger partial charge >= 0.3 is 0 Å². The number of nitrogens with one attached hydrogen (secondary N) is 1. The Hall–Kier alpha value is -0.340. The number of allylic oxidation sites excluding steroid dienone is 2. The Kier molecular flexibility index (Phi) is 5.09. The van der Waals surface area contributed by atoms with Crippen molar-refractivity contribution in [3.05, 3.63) is 12.2 Å². The van der Waals surface area contributed by atoms with Gasteiger partial charge in [-0.2, -0.15) is 0 Å². The highest BCUT2D eigenvalue weighted by Crippen LogP contribution is 2.16. The van der Waals surface area contributed by atoms with Gasteiger partial charge in [0.05, 0.1) is 6.10 Å². The van der Waals surface area contributed by atoms with Crippen LogP contribution in [-0.4, -0.2) is 24.3 Å². The molecule has 0 bridgehead atoms. The molecule has 0 fully saturated rings. The van der Waals surface area contributed by atoms with Crippen LogP contribution in [0, 0.1) is 5.92 Å². The van der Waals surface area contributed by atoms with Crippen molar-refractivity contribution in [2.75, 3.05) is 13.1 Å². The average molecular weight is 183 g/mol. The number of aliphatic hydroxyl groups is 1. The van der Waals surface area contributed by atoms with Gasteiger partial charge in [-0.1, -0.05) is 12.2 Å². The Morgan fingerprint density at radius 3 is 3.00 bits per heavy atom. The third-order valence-corrected chi connectivity index (χ3v) is 2.55. The van der Waals surface area contributed by atoms with Crippen LogP contribution in [0.3, 0.4) is 0 Å². The van der Waals surface area contributed by atoms with Gasteiger partial charge in [0.2, 0.25) is 0 Å². The molecule has 1 aliphatic rings. The Labute approximate surface area is 81.0 Å². The van der Waals surface area contributed by atoms with Gasteiger partial charge in [0, 0.05) is 0 Å². The Morgan fingerprint density at radius 2 is 2.38 bits per heavy atom. The van der Waals surface area contributed by atoms with Crippen LogP contribution in [0.5, 0.6) is 0 Å². The summed E-state index contributed by atoms with van der Waals surface area (Å²) in [6, 6.07) is 0. The maximum atomic E-state index is 9.04. The third kappa shape index (κ3) is 5.06. The molecule has 0 aliphatic heterocycles. The van der Waals surface area contributed by atoms with E-state index in [1.54, 1.807) is 0 Å². The van der Waals surface area contributed by atoms with Crippen molar-refractivity contribution in [2.45, 2.75) is 38.7 Å². The van der Waals surface area contributed by atoms with Gasteiger partial charge in [-0.05, 0) is 51.6 Å². The summed E-state index contributed by atoms with van der Waals surface area (Å²) >= 11 is 0. The number of rotatable bonds is 5. The summed E-state index contributed by atoms with van der Waals surface area (Å²) < 4.78 is 0. The first-order valence-electron chi connectivity index (χ1n) is 5.33. The highest BCUT2D eigenvalue weighted by molar-refractivity contribution is 4.90. The molecule has 0 amide bonds. The van der Waals surface area contributed by atoms with E-state index in [0.717, 1.165) is 25.4 Å². The van der Waals surface area contributed by atoms with Gasteiger partial charge in [0.15, 0.2) is 0 Å². The molecule has 0 heterocycles. The molecule has 2 N–H and O–H groups in total. The zero-order chi connectivity index (χ0) is 9.52. The summed E-state index contributed by atoms with van der Waals surface area (Å²) in [4.78, 5) is 0. The summed E-state index contributed by atoms with van der Waals surface area (Å²) in [5.41, 5.74) is 0. The van der Waals surface area contributed by atoms with Gasteiger partial charge in [0.25, 0.3) is 0 Å². The summed E-state index contributed by atoms with van der Waals surface area (Å²) in [6.45, 7) is 3.89. The van der Waals surface area contributed by atoms with Crippen molar-refractivity contribution in [2.24, 2.45) is 5.92 Å². The van der Waals surface area contributed by atoms with Crippen LogP contribution in [0.4, 0.5) is 0 Å². The van der Waals surface area contributed by atoms with Crippen LogP contribution in [0.25, 0.3) is 0 Å². The molecule has 1 aliphatic carbocycles. The Balaban J connectivity index is 1.96. The highest BCUT2D eigenvalue weighted by atomic mass is 16.3. The normalized spacial score (nSPS) is 24.6. The minimum Gasteiger partial charge on any atom is -0.393 e. The van der Waals surface area contributed by atoms with Crippen molar-refractivity contribution < 1.29 is 5.11 Å². The third-order valence-electron chi connectivity index (χ3n) is 2.55. The minimum absolute atomic E-state index is 0.168. The fourth-order valence-electron chi connectivity index (χ4n) is 1.66. The van der Waals surface area contributed by atoms with E-state index >= 15 is 0 Å². The Bertz CT molecular complexity index is 154. The van der Waals surface area contributed by atoms with Crippen LogP contribution < -0.4 is 5.32 Å². The first kappa shape index (κ1) is 10.7. The number of hydrogen-bond donors (Lipinski definition) is 2. The molecule has 0 radical (unpaired) electrons. The smallest absolute Gasteiger partial charge is 0.0524 e. The quantitative estimate of drug-likeness (QED) is 0.502. The molecule has 2 atom stereocenters. The van der Waals surface area contributed by atoms with Gasteiger partial charge < -0.3 is 10.4 Å². The van der Waals surface area contributed by atoms with E-state index in [-0.39, 0.29) is 6.10 Å². The highest BCUT2D eigenvalue weighted by Gasteiger charge is 2.08. The molecular formula is C11H21NO. The van der Waals surface area contributed by atoms with Crippen LogP contribution in [0.1, 0.15) is 32.6 Å². The van der Waals surface area contributed by atoms with Crippen molar-refractivity contribution in [3.8, 4) is 0 Å². The zero-order valence-electron chi connectivity index (χ0n) is 8.50. The Morgan fingerprint density at radius 1 is 1.54 bits per heavy atom. The molecule has 0 aromatic rings. The summed E-state index contributed by atoms with van der Waals surface area (Å²) in [5, 5.41) is 12.4. The van der Waals surface area contributed by atoms with Crippen LogP contribution in [-0.2, 0) is 0 Å². The minimum atomic E-state index is -0.168. The molecule has 1 rings (SSSR count). The standard InChI is InChI=1S/C11H21NO/c1-10(13)7-8-12-9-11-5-3-2-4-6-11/h2-3,10-13H,4-9H2,1H3/t10-,11-/m0/s1. The second kappa shape index (κ2) is 6.17. The lowest BCUT2D eigenvalue weighted by atomic mass is 9.94. The van der Waals surface area contributed by atoms with E-state index in [0.29, 0.717) is 0 Å². The number of hydrogen-bond acceptors (Lipinski definition) is 2. The van der Waals surface area contributed by atoms with E-state index in [1.807, 2.05) is 6.92 Å². The van der Waals surface area contributed by atoms with E-state index in [2.05, 4.69) is 17.5 Å². The number of aliphatic hydroxyl groups excluding tert-OH is 1. The molecule has 0 saturated heterocycles. The lowest BCUT2D eigenvalue weighted by Gasteiger charge is -2.18. The van der Waals surface area contributed by atoms with E-state index < -0.39 is 0 Å². The zero-order valence-corrected chi connectivity index (χ0v) is 8.50. The molecule has 76 valence electrons. The van der Waals surface area contributed by atoms with Crippen molar-refractivity contribution in [1.29, 1.82) is 0 Å². The molecule has 0 aromatic heterocycles. The molecule has 13 heavy (non-hydrogen) atoms. The van der Waals surface area contributed by atoms with Gasteiger partial charge in [-0.15, -0.1) is 0 Å². The molecule has 2 nitrogen and oxygen atoms in total. The average Bonchev–Trinajstić information content (AvgIpc) is 2.14. The molecule has 0 saturated carbocycles. The van der Waals surface area contributed by atoms with E-state index in [1.165, 1.54) is 19.3 Å². The van der Waals surface area contributed by atoms with Crippen molar-refractivity contribution >= 4 is 0 Å². The van der Waals surface area contributed by atoms with E-state index in [9.17, 15) is 0 Å². The largest absolute Gasteiger partial charge is 0.393 e. The summed E-state index contributed by atoms with van der Waals surface area (Å²) in [6.07, 6.45) is 9.03. The van der Waals surface area contributed by atoms with Gasteiger partial charge in [0.1, 0.15) is 0 Å². The molecular weight excluding hydrogens is 162 g/mol. The summed E-state index contributed by atoms with van der Waals surface area (Å²) in [5.74, 6) is 0.819. The van der Waals surface area contributed by atoms with Crippen LogP contribution in [0.15, 0.2) is 12.2 Å². The molecule has 2 heteroatoms. The maximum Gasteiger partial charge on any atom is 0.0524 e. The fraction of sp³-hybridized carbons (Fsp3) is 0.818. The first-order valence-corrected chi connectivity index (χ1v) is 5.33. The predicted octanol–water partition coefficient (Wildman–Crippen LogP) is 1.70. The SMILES string of the molecule is C[C@H](O)CCNC[C@H]1CC=CCC1. The van der Waals surface area contributed by atoms with Gasteiger partial charge in [-0.25, -0.2) is 0 Å². The van der Waals surface area contributed by atoms with Crippen molar-refractivity contribution in [3.63, 3.8) is 0 Å².